The highest BCUT2D eigenvalue weighted by Gasteiger charge is 2.19. The SMILES string of the molecule is O=C(NCC1CCC1)c1n[nH]c(=O)c2ccccc12. The summed E-state index contributed by atoms with van der Waals surface area (Å²) in [5.41, 5.74) is 0.0145. The first-order valence-corrected chi connectivity index (χ1v) is 6.51. The smallest absolute Gasteiger partial charge is 0.272 e. The molecule has 2 N–H and O–H groups in total. The predicted octanol–water partition coefficient (Wildman–Crippen LogP) is 1.45. The average Bonchev–Trinajstić information content (AvgIpc) is 2.37. The van der Waals surface area contributed by atoms with Crippen LogP contribution in [0.2, 0.25) is 0 Å². The number of carbonyl (C=O) groups is 1. The third-order valence-electron chi connectivity index (χ3n) is 3.69. The molecule has 0 atom stereocenters. The number of carbonyl (C=O) groups excluding carboxylic acids is 1. The van der Waals surface area contributed by atoms with Gasteiger partial charge in [-0.2, -0.15) is 5.10 Å². The van der Waals surface area contributed by atoms with E-state index in [-0.39, 0.29) is 17.2 Å². The van der Waals surface area contributed by atoms with E-state index in [1.54, 1.807) is 24.3 Å². The Morgan fingerprint density at radius 2 is 2.05 bits per heavy atom. The van der Waals surface area contributed by atoms with Crippen molar-refractivity contribution in [3.05, 3.63) is 40.3 Å². The fraction of sp³-hybridized carbons (Fsp3) is 0.357. The minimum atomic E-state index is -0.272. The second-order valence-corrected chi connectivity index (χ2v) is 4.95. The monoisotopic (exact) mass is 257 g/mol. The lowest BCUT2D eigenvalue weighted by atomic mass is 9.85. The van der Waals surface area contributed by atoms with Crippen LogP contribution in [-0.2, 0) is 0 Å². The number of fused-ring (bicyclic) bond motifs is 1. The molecule has 1 aliphatic rings. The van der Waals surface area contributed by atoms with E-state index in [9.17, 15) is 9.59 Å². The summed E-state index contributed by atoms with van der Waals surface area (Å²) in [6.45, 7) is 0.688. The van der Waals surface area contributed by atoms with Crippen LogP contribution in [0.1, 0.15) is 29.8 Å². The van der Waals surface area contributed by atoms with Crippen molar-refractivity contribution >= 4 is 16.7 Å². The predicted molar refractivity (Wildman–Crippen MR) is 72.0 cm³/mol. The molecule has 1 fully saturated rings. The van der Waals surface area contributed by atoms with Crippen LogP contribution in [0.3, 0.4) is 0 Å². The van der Waals surface area contributed by atoms with Gasteiger partial charge < -0.3 is 5.32 Å². The number of hydrogen-bond acceptors (Lipinski definition) is 3. The summed E-state index contributed by atoms with van der Waals surface area (Å²) < 4.78 is 0. The highest BCUT2D eigenvalue weighted by Crippen LogP contribution is 2.25. The lowest BCUT2D eigenvalue weighted by molar-refractivity contribution is 0.0935. The van der Waals surface area contributed by atoms with Gasteiger partial charge in [-0.25, -0.2) is 5.10 Å². The zero-order valence-corrected chi connectivity index (χ0v) is 10.5. The Morgan fingerprint density at radius 3 is 2.74 bits per heavy atom. The minimum Gasteiger partial charge on any atom is -0.350 e. The van der Waals surface area contributed by atoms with Crippen LogP contribution >= 0.6 is 0 Å². The summed E-state index contributed by atoms with van der Waals surface area (Å²) >= 11 is 0. The maximum atomic E-state index is 12.1. The quantitative estimate of drug-likeness (QED) is 0.874. The molecule has 0 saturated heterocycles. The summed E-state index contributed by atoms with van der Waals surface area (Å²) in [7, 11) is 0. The van der Waals surface area contributed by atoms with E-state index in [1.807, 2.05) is 0 Å². The second-order valence-electron chi connectivity index (χ2n) is 4.95. The zero-order chi connectivity index (χ0) is 13.2. The first-order valence-electron chi connectivity index (χ1n) is 6.51. The van der Waals surface area contributed by atoms with Gasteiger partial charge in [0.2, 0.25) is 0 Å². The van der Waals surface area contributed by atoms with E-state index in [4.69, 9.17) is 0 Å². The van der Waals surface area contributed by atoms with Crippen LogP contribution in [0.15, 0.2) is 29.1 Å². The normalized spacial score (nSPS) is 15.2. The van der Waals surface area contributed by atoms with Gasteiger partial charge in [-0.3, -0.25) is 9.59 Å². The molecule has 0 radical (unpaired) electrons. The highest BCUT2D eigenvalue weighted by molar-refractivity contribution is 6.04. The van der Waals surface area contributed by atoms with Crippen LogP contribution < -0.4 is 10.9 Å². The Balaban J connectivity index is 1.89. The first-order chi connectivity index (χ1) is 9.25. The van der Waals surface area contributed by atoms with Crippen LogP contribution in [0.25, 0.3) is 10.8 Å². The van der Waals surface area contributed by atoms with Crippen molar-refractivity contribution in [1.82, 2.24) is 15.5 Å². The van der Waals surface area contributed by atoms with Gasteiger partial charge in [0.25, 0.3) is 11.5 Å². The van der Waals surface area contributed by atoms with E-state index < -0.39 is 0 Å². The number of aromatic amines is 1. The van der Waals surface area contributed by atoms with Crippen LogP contribution in [0, 0.1) is 5.92 Å². The molecule has 5 heteroatoms. The Hall–Kier alpha value is -2.17. The van der Waals surface area contributed by atoms with Crippen molar-refractivity contribution in [2.24, 2.45) is 5.92 Å². The molecule has 3 rings (SSSR count). The number of nitrogens with one attached hydrogen (secondary N) is 2. The van der Waals surface area contributed by atoms with Crippen LogP contribution in [0.5, 0.6) is 0 Å². The van der Waals surface area contributed by atoms with Crippen molar-refractivity contribution in [1.29, 1.82) is 0 Å². The maximum Gasteiger partial charge on any atom is 0.272 e. The topological polar surface area (TPSA) is 74.8 Å². The summed E-state index contributed by atoms with van der Waals surface area (Å²) in [6, 6.07) is 7.01. The van der Waals surface area contributed by atoms with Gasteiger partial charge in [-0.15, -0.1) is 0 Å². The van der Waals surface area contributed by atoms with E-state index in [0.29, 0.717) is 23.2 Å². The van der Waals surface area contributed by atoms with Crippen LogP contribution in [0.4, 0.5) is 0 Å². The molecule has 1 heterocycles. The maximum absolute atomic E-state index is 12.1. The number of aromatic nitrogens is 2. The zero-order valence-electron chi connectivity index (χ0n) is 10.5. The number of H-pyrrole nitrogens is 1. The summed E-state index contributed by atoms with van der Waals surface area (Å²) in [5.74, 6) is 0.373. The summed E-state index contributed by atoms with van der Waals surface area (Å²) in [5, 5.41) is 10.2. The molecule has 1 saturated carbocycles. The first kappa shape index (κ1) is 11.9. The molecule has 19 heavy (non-hydrogen) atoms. The number of benzene rings is 1. The third-order valence-corrected chi connectivity index (χ3v) is 3.69. The third kappa shape index (κ3) is 2.23. The van der Waals surface area contributed by atoms with Gasteiger partial charge in [-0.05, 0) is 24.8 Å². The molecule has 0 aliphatic heterocycles. The van der Waals surface area contributed by atoms with Gasteiger partial charge in [0.15, 0.2) is 5.69 Å². The van der Waals surface area contributed by atoms with E-state index >= 15 is 0 Å². The standard InChI is InChI=1S/C14H15N3O2/c18-13-11-7-2-1-6-10(11)12(16-17-13)14(19)15-8-9-4-3-5-9/h1-2,6-7,9H,3-5,8H2,(H,15,19)(H,17,18). The summed E-state index contributed by atoms with van der Waals surface area (Å²) in [6.07, 6.45) is 3.61. The Labute approximate surface area is 110 Å². The van der Waals surface area contributed by atoms with Gasteiger partial charge >= 0.3 is 0 Å². The number of rotatable bonds is 3. The largest absolute Gasteiger partial charge is 0.350 e. The number of amides is 1. The molecule has 0 spiro atoms. The highest BCUT2D eigenvalue weighted by atomic mass is 16.2. The molecule has 1 aromatic heterocycles. The second kappa shape index (κ2) is 4.84. The van der Waals surface area contributed by atoms with E-state index in [2.05, 4.69) is 15.5 Å². The molecule has 1 aromatic carbocycles. The van der Waals surface area contributed by atoms with Gasteiger partial charge in [-0.1, -0.05) is 24.6 Å². The molecule has 5 nitrogen and oxygen atoms in total. The fourth-order valence-corrected chi connectivity index (χ4v) is 2.31. The van der Waals surface area contributed by atoms with Crippen molar-refractivity contribution in [3.63, 3.8) is 0 Å². The van der Waals surface area contributed by atoms with E-state index in [0.717, 1.165) is 0 Å². The Morgan fingerprint density at radius 1 is 1.32 bits per heavy atom. The number of nitrogens with zero attached hydrogens (tertiary/aromatic N) is 1. The molecule has 98 valence electrons. The van der Waals surface area contributed by atoms with Crippen molar-refractivity contribution in [3.8, 4) is 0 Å². The molecular weight excluding hydrogens is 242 g/mol. The molecule has 1 amide bonds. The van der Waals surface area contributed by atoms with Crippen molar-refractivity contribution < 1.29 is 4.79 Å². The molecule has 2 aromatic rings. The Kier molecular flexibility index (Phi) is 3.03. The van der Waals surface area contributed by atoms with Crippen molar-refractivity contribution in [2.75, 3.05) is 6.54 Å². The minimum absolute atomic E-state index is 0.223. The lowest BCUT2D eigenvalue weighted by Crippen LogP contribution is -2.33. The fourth-order valence-electron chi connectivity index (χ4n) is 2.31. The van der Waals surface area contributed by atoms with E-state index in [1.165, 1.54) is 19.3 Å². The van der Waals surface area contributed by atoms with Crippen LogP contribution in [-0.4, -0.2) is 22.6 Å². The van der Waals surface area contributed by atoms with Crippen molar-refractivity contribution in [2.45, 2.75) is 19.3 Å². The molecule has 0 bridgehead atoms. The van der Waals surface area contributed by atoms with Gasteiger partial charge in [0, 0.05) is 11.9 Å². The molecule has 1 aliphatic carbocycles. The molecule has 0 unspecified atom stereocenters. The number of hydrogen-bond donors (Lipinski definition) is 2. The average molecular weight is 257 g/mol. The lowest BCUT2D eigenvalue weighted by Gasteiger charge is -2.25. The van der Waals surface area contributed by atoms with Gasteiger partial charge in [0.1, 0.15) is 0 Å². The molecular formula is C14H15N3O2. The Bertz CT molecular complexity index is 674. The van der Waals surface area contributed by atoms with Gasteiger partial charge in [0.05, 0.1) is 5.39 Å². The summed E-state index contributed by atoms with van der Waals surface area (Å²) in [4.78, 5) is 23.7.